The number of aromatic hydroxyl groups is 1. The summed E-state index contributed by atoms with van der Waals surface area (Å²) in [7, 11) is 0. The Bertz CT molecular complexity index is 780. The lowest BCUT2D eigenvalue weighted by Gasteiger charge is -1.97. The number of nitrogens with one attached hydrogen (secondary N) is 1. The number of hydrogen-bond donors (Lipinski definition) is 2. The van der Waals surface area contributed by atoms with Gasteiger partial charge in [-0.1, -0.05) is 17.8 Å². The first-order valence-corrected chi connectivity index (χ1v) is 7.94. The summed E-state index contributed by atoms with van der Waals surface area (Å²) < 4.78 is 5.12. The van der Waals surface area contributed by atoms with Crippen molar-refractivity contribution in [1.29, 1.82) is 0 Å². The molecule has 3 aromatic rings. The maximum Gasteiger partial charge on any atom is 0.226 e. The molecule has 3 rings (SSSR count). The quantitative estimate of drug-likeness (QED) is 0.701. The number of thiophene rings is 1. The van der Waals surface area contributed by atoms with Crippen LogP contribution in [0.15, 0.2) is 44.2 Å². The van der Waals surface area contributed by atoms with Crippen LogP contribution in [-0.2, 0) is 12.2 Å². The molecule has 0 fully saturated rings. The van der Waals surface area contributed by atoms with Crippen LogP contribution in [-0.4, -0.2) is 20.3 Å². The molecule has 0 radical (unpaired) electrons. The Hall–Kier alpha value is -2.06. The van der Waals surface area contributed by atoms with E-state index >= 15 is 0 Å². The van der Waals surface area contributed by atoms with Crippen LogP contribution in [0.25, 0.3) is 0 Å². The predicted molar refractivity (Wildman–Crippen MR) is 79.7 cm³/mol. The molecule has 0 unspecified atom stereocenters. The second kappa shape index (κ2) is 6.15. The molecule has 0 saturated heterocycles. The summed E-state index contributed by atoms with van der Waals surface area (Å²) in [6.45, 7) is 0. The van der Waals surface area contributed by atoms with Crippen LogP contribution in [0.1, 0.15) is 16.5 Å². The lowest BCUT2D eigenvalue weighted by atomic mass is 10.3. The lowest BCUT2D eigenvalue weighted by Crippen LogP contribution is -1.99. The zero-order valence-corrected chi connectivity index (χ0v) is 12.4. The molecule has 3 aromatic heterocycles. The van der Waals surface area contributed by atoms with Crippen molar-refractivity contribution < 1.29 is 9.52 Å². The fourth-order valence-electron chi connectivity index (χ4n) is 1.65. The van der Waals surface area contributed by atoms with Gasteiger partial charge < -0.3 is 9.52 Å². The van der Waals surface area contributed by atoms with Crippen molar-refractivity contribution in [2.45, 2.75) is 17.3 Å². The molecule has 8 heteroatoms. The van der Waals surface area contributed by atoms with Crippen molar-refractivity contribution in [3.05, 3.63) is 56.5 Å². The Kier molecular flexibility index (Phi) is 4.07. The molecule has 3 heterocycles. The molecule has 6 nitrogen and oxygen atoms in total. The number of hydrogen-bond acceptors (Lipinski definition) is 7. The van der Waals surface area contributed by atoms with Gasteiger partial charge in [-0.25, -0.2) is 4.98 Å². The van der Waals surface area contributed by atoms with Crippen LogP contribution in [0.3, 0.4) is 0 Å². The van der Waals surface area contributed by atoms with Crippen LogP contribution < -0.4 is 5.43 Å². The molecule has 0 aliphatic heterocycles. The van der Waals surface area contributed by atoms with Gasteiger partial charge in [0.05, 0.1) is 5.75 Å². The van der Waals surface area contributed by atoms with Gasteiger partial charge in [-0.2, -0.15) is 0 Å². The molecular weight excluding hydrogens is 310 g/mol. The molecule has 0 amide bonds. The summed E-state index contributed by atoms with van der Waals surface area (Å²) in [5.74, 6) is 1.30. The van der Waals surface area contributed by atoms with Crippen molar-refractivity contribution in [2.75, 3.05) is 0 Å². The van der Waals surface area contributed by atoms with Crippen molar-refractivity contribution in [3.8, 4) is 5.75 Å². The Morgan fingerprint density at radius 2 is 2.38 bits per heavy atom. The van der Waals surface area contributed by atoms with Crippen LogP contribution in [0, 0.1) is 0 Å². The molecule has 21 heavy (non-hydrogen) atoms. The highest BCUT2D eigenvalue weighted by Crippen LogP contribution is 2.20. The van der Waals surface area contributed by atoms with E-state index in [2.05, 4.69) is 15.2 Å². The molecule has 0 aliphatic rings. The zero-order chi connectivity index (χ0) is 14.7. The van der Waals surface area contributed by atoms with Gasteiger partial charge in [0.25, 0.3) is 0 Å². The summed E-state index contributed by atoms with van der Waals surface area (Å²) in [5.41, 5.74) is -0.453. The molecule has 0 spiro atoms. The van der Waals surface area contributed by atoms with E-state index in [1.807, 2.05) is 17.5 Å². The Labute approximate surface area is 127 Å². The first-order chi connectivity index (χ1) is 10.2. The Balaban J connectivity index is 1.62. The molecular formula is C13H11N3O3S2. The summed E-state index contributed by atoms with van der Waals surface area (Å²) in [6, 6.07) is 5.31. The number of rotatable bonds is 5. The fourth-order valence-corrected chi connectivity index (χ4v) is 3.07. The average molecular weight is 321 g/mol. The fraction of sp³-hybridized carbons (Fsp3) is 0.154. The maximum absolute atomic E-state index is 11.3. The minimum Gasteiger partial charge on any atom is -0.502 e. The van der Waals surface area contributed by atoms with Crippen LogP contribution >= 0.6 is 23.1 Å². The number of thioether (sulfide) groups is 1. The topological polar surface area (TPSA) is 92.0 Å². The van der Waals surface area contributed by atoms with E-state index in [1.165, 1.54) is 22.7 Å². The average Bonchev–Trinajstić information content (AvgIpc) is 3.13. The highest BCUT2D eigenvalue weighted by Gasteiger charge is 2.08. The van der Waals surface area contributed by atoms with E-state index in [-0.39, 0.29) is 5.75 Å². The predicted octanol–water partition coefficient (Wildman–Crippen LogP) is 2.41. The van der Waals surface area contributed by atoms with Gasteiger partial charge in [-0.3, -0.25) is 9.89 Å². The lowest BCUT2D eigenvalue weighted by molar-refractivity contribution is 0.419. The third kappa shape index (κ3) is 3.53. The number of nitrogens with zero attached hydrogens (tertiary/aromatic N) is 2. The zero-order valence-electron chi connectivity index (χ0n) is 10.8. The van der Waals surface area contributed by atoms with E-state index in [0.717, 1.165) is 18.5 Å². The maximum atomic E-state index is 11.3. The van der Waals surface area contributed by atoms with Gasteiger partial charge in [0.15, 0.2) is 5.75 Å². The van der Waals surface area contributed by atoms with Crippen LogP contribution in [0.4, 0.5) is 0 Å². The minimum absolute atomic E-state index is 0.389. The number of H-pyrrole nitrogens is 1. The molecule has 2 N–H and O–H groups in total. The normalized spacial score (nSPS) is 10.9. The number of aromatic nitrogens is 3. The molecule has 0 aromatic carbocycles. The molecule has 0 bridgehead atoms. The standard InChI is InChI=1S/C13H11N3O3S2/c17-10-4-8(19-6-11(10)18)7-21-13-14-12(15-16-13)5-9-2-1-3-20-9/h1-4,6,18H,5,7H2,(H,14,15,16). The van der Waals surface area contributed by atoms with Gasteiger partial charge in [-0.15, -0.1) is 16.4 Å². The van der Waals surface area contributed by atoms with Crippen molar-refractivity contribution in [3.63, 3.8) is 0 Å². The summed E-state index contributed by atoms with van der Waals surface area (Å²) in [5, 5.41) is 18.7. The smallest absolute Gasteiger partial charge is 0.226 e. The first-order valence-electron chi connectivity index (χ1n) is 6.08. The second-order valence-corrected chi connectivity index (χ2v) is 6.18. The Morgan fingerprint density at radius 1 is 1.48 bits per heavy atom. The minimum atomic E-state index is -0.453. The summed E-state index contributed by atoms with van der Waals surface area (Å²) in [4.78, 5) is 16.9. The van der Waals surface area contributed by atoms with E-state index in [4.69, 9.17) is 9.52 Å². The van der Waals surface area contributed by atoms with Crippen molar-refractivity contribution in [2.24, 2.45) is 0 Å². The van der Waals surface area contributed by atoms with E-state index in [9.17, 15) is 4.79 Å². The third-order valence-corrected chi connectivity index (χ3v) is 4.39. The summed E-state index contributed by atoms with van der Waals surface area (Å²) in [6.07, 6.45) is 1.76. The van der Waals surface area contributed by atoms with Crippen LogP contribution in [0.5, 0.6) is 5.75 Å². The summed E-state index contributed by atoms with van der Waals surface area (Å²) >= 11 is 3.03. The van der Waals surface area contributed by atoms with Gasteiger partial charge in [0, 0.05) is 17.4 Å². The third-order valence-electron chi connectivity index (χ3n) is 2.64. The monoisotopic (exact) mass is 321 g/mol. The van der Waals surface area contributed by atoms with Gasteiger partial charge in [-0.05, 0) is 11.4 Å². The molecule has 0 saturated carbocycles. The highest BCUT2D eigenvalue weighted by atomic mass is 32.2. The molecule has 0 aliphatic carbocycles. The van der Waals surface area contributed by atoms with E-state index < -0.39 is 5.43 Å². The largest absolute Gasteiger partial charge is 0.502 e. The Morgan fingerprint density at radius 3 is 3.14 bits per heavy atom. The van der Waals surface area contributed by atoms with Gasteiger partial charge in [0.2, 0.25) is 10.6 Å². The second-order valence-electron chi connectivity index (χ2n) is 4.21. The van der Waals surface area contributed by atoms with E-state index in [1.54, 1.807) is 11.3 Å². The molecule has 108 valence electrons. The SMILES string of the molecule is O=c1cc(CSc2n[nH]c(Cc3cccs3)n2)occ1O. The van der Waals surface area contributed by atoms with Crippen molar-refractivity contribution in [1.82, 2.24) is 15.2 Å². The van der Waals surface area contributed by atoms with E-state index in [0.29, 0.717) is 16.7 Å². The highest BCUT2D eigenvalue weighted by molar-refractivity contribution is 7.98. The van der Waals surface area contributed by atoms with Crippen molar-refractivity contribution >= 4 is 23.1 Å². The van der Waals surface area contributed by atoms with Crippen LogP contribution in [0.2, 0.25) is 0 Å². The first kappa shape index (κ1) is 13.9. The van der Waals surface area contributed by atoms with Gasteiger partial charge >= 0.3 is 0 Å². The molecule has 0 atom stereocenters. The van der Waals surface area contributed by atoms with Gasteiger partial charge in [0.1, 0.15) is 17.8 Å². The number of aromatic amines is 1.